The number of hydrogen-bond donors (Lipinski definition) is 3. The predicted octanol–water partition coefficient (Wildman–Crippen LogP) is 8.77. The van der Waals surface area contributed by atoms with Crippen molar-refractivity contribution in [3.05, 3.63) is 72.6 Å². The van der Waals surface area contributed by atoms with E-state index >= 15 is 0 Å². The van der Waals surface area contributed by atoms with Crippen LogP contribution >= 0.6 is 0 Å². The average molecular weight is 823 g/mol. The molecule has 0 unspecified atom stereocenters. The lowest BCUT2D eigenvalue weighted by molar-refractivity contribution is -0.138. The van der Waals surface area contributed by atoms with Gasteiger partial charge in [-0.15, -0.1) is 0 Å². The summed E-state index contributed by atoms with van der Waals surface area (Å²) in [6, 6.07) is 14.7. The third-order valence-electron chi connectivity index (χ3n) is 11.5. The summed E-state index contributed by atoms with van der Waals surface area (Å²) in [6.45, 7) is 14.7. The number of likely N-dealkylation sites (tertiary alicyclic amines) is 2. The highest BCUT2D eigenvalue weighted by Crippen LogP contribution is 2.36. The van der Waals surface area contributed by atoms with Crippen LogP contribution in [0.1, 0.15) is 111 Å². The Hall–Kier alpha value is -5.66. The molecule has 4 aromatic rings. The topological polar surface area (TPSA) is 168 Å². The number of imidazole rings is 2. The zero-order valence-electron chi connectivity index (χ0n) is 36.6. The molecule has 2 saturated heterocycles. The van der Waals surface area contributed by atoms with Crippen LogP contribution in [0.3, 0.4) is 0 Å². The minimum Gasteiger partial charge on any atom is -0.465 e. The number of carbonyl (C=O) groups excluding carboxylic acids is 3. The Bertz CT molecular complexity index is 2120. The second-order valence-corrected chi connectivity index (χ2v) is 18.2. The number of H-pyrrole nitrogens is 2. The third kappa shape index (κ3) is 10.0. The number of amides is 4. The minimum atomic E-state index is -1.11. The molecule has 4 atom stereocenters. The van der Waals surface area contributed by atoms with Gasteiger partial charge in [-0.25, -0.2) is 19.6 Å². The minimum absolute atomic E-state index is 0.0915. The molecule has 0 spiro atoms. The lowest BCUT2D eigenvalue weighted by Gasteiger charge is -2.34. The molecule has 2 aliphatic heterocycles. The first-order valence-electron chi connectivity index (χ1n) is 21.2. The summed E-state index contributed by atoms with van der Waals surface area (Å²) in [7, 11) is 3.11. The van der Waals surface area contributed by atoms with Crippen LogP contribution in [0.25, 0.3) is 33.6 Å². The number of nitrogens with one attached hydrogen (secondary N) is 2. The van der Waals surface area contributed by atoms with Crippen molar-refractivity contribution in [3.63, 3.8) is 0 Å². The number of likely N-dealkylation sites (N-methyl/N-ethyl adjacent to an activating group) is 2. The molecule has 60 heavy (non-hydrogen) atoms. The Morgan fingerprint density at radius 3 is 1.45 bits per heavy atom. The van der Waals surface area contributed by atoms with Crippen LogP contribution in [0.15, 0.2) is 60.9 Å². The van der Waals surface area contributed by atoms with Gasteiger partial charge in [0.2, 0.25) is 11.8 Å². The SMILES string of the molecule is CC(C)C[C@@H](C(=O)N1CCC[C@H]1c1ncc(-c2ccc(-c3ccc(-c4cnc([C@@H]5CCCN5C(=O)[C@H](CC(C)C)N(C)C(=O)OC(C)(C)C)[nH]4)cc3)cc2)[nH]1)N(C)C(=O)O. The number of rotatable bonds is 13. The highest BCUT2D eigenvalue weighted by molar-refractivity contribution is 5.87. The van der Waals surface area contributed by atoms with Crippen molar-refractivity contribution >= 4 is 24.0 Å². The Morgan fingerprint density at radius 2 is 1.08 bits per heavy atom. The molecule has 2 aliphatic rings. The van der Waals surface area contributed by atoms with Crippen LogP contribution in [0.5, 0.6) is 0 Å². The van der Waals surface area contributed by atoms with Crippen molar-refractivity contribution in [2.24, 2.45) is 11.8 Å². The van der Waals surface area contributed by atoms with Crippen LogP contribution < -0.4 is 0 Å². The van der Waals surface area contributed by atoms with Crippen molar-refractivity contribution in [1.82, 2.24) is 39.5 Å². The smallest absolute Gasteiger partial charge is 0.410 e. The third-order valence-corrected chi connectivity index (χ3v) is 11.5. The van der Waals surface area contributed by atoms with Crippen LogP contribution in [0.2, 0.25) is 0 Å². The summed E-state index contributed by atoms with van der Waals surface area (Å²) in [5.41, 5.74) is 5.07. The molecule has 2 aromatic heterocycles. The van der Waals surface area contributed by atoms with Gasteiger partial charge < -0.3 is 29.6 Å². The Morgan fingerprint density at radius 1 is 0.700 bits per heavy atom. The Labute approximate surface area is 353 Å². The molecular weight excluding hydrogens is 761 g/mol. The normalized spacial score (nSPS) is 17.9. The van der Waals surface area contributed by atoms with E-state index in [-0.39, 0.29) is 35.7 Å². The van der Waals surface area contributed by atoms with Gasteiger partial charge in [-0.05, 0) is 93.4 Å². The monoisotopic (exact) mass is 822 g/mol. The van der Waals surface area contributed by atoms with Gasteiger partial charge >= 0.3 is 12.2 Å². The second kappa shape index (κ2) is 18.3. The lowest BCUT2D eigenvalue weighted by atomic mass is 10.0. The van der Waals surface area contributed by atoms with Crippen LogP contribution in [-0.4, -0.2) is 114 Å². The average Bonchev–Trinajstić information content (AvgIpc) is 4.04. The van der Waals surface area contributed by atoms with E-state index in [1.54, 1.807) is 18.1 Å². The summed E-state index contributed by atoms with van der Waals surface area (Å²) in [6.07, 6.45) is 6.17. The fraction of sp³-hybridized carbons (Fsp3) is 0.522. The van der Waals surface area contributed by atoms with E-state index in [0.29, 0.717) is 31.8 Å². The second-order valence-electron chi connectivity index (χ2n) is 18.2. The van der Waals surface area contributed by atoms with Crippen LogP contribution in [0, 0.1) is 11.8 Å². The Kier molecular flexibility index (Phi) is 13.4. The largest absolute Gasteiger partial charge is 0.465 e. The van der Waals surface area contributed by atoms with Crippen molar-refractivity contribution in [2.45, 2.75) is 117 Å². The molecule has 2 fully saturated rings. The molecule has 0 saturated carbocycles. The number of hydrogen-bond acceptors (Lipinski definition) is 7. The van der Waals surface area contributed by atoms with E-state index in [9.17, 15) is 24.3 Å². The number of aromatic amines is 2. The van der Waals surface area contributed by atoms with Gasteiger partial charge in [0, 0.05) is 27.2 Å². The van der Waals surface area contributed by atoms with Crippen molar-refractivity contribution in [3.8, 4) is 33.6 Å². The summed E-state index contributed by atoms with van der Waals surface area (Å²) in [5, 5.41) is 9.66. The highest BCUT2D eigenvalue weighted by atomic mass is 16.6. The molecule has 0 radical (unpaired) electrons. The van der Waals surface area contributed by atoms with Crippen LogP contribution in [0.4, 0.5) is 9.59 Å². The predicted molar refractivity (Wildman–Crippen MR) is 231 cm³/mol. The van der Waals surface area contributed by atoms with Gasteiger partial charge in [-0.2, -0.15) is 0 Å². The maximum absolute atomic E-state index is 14.1. The van der Waals surface area contributed by atoms with Gasteiger partial charge in [0.15, 0.2) is 0 Å². The quantitative estimate of drug-likeness (QED) is 0.120. The van der Waals surface area contributed by atoms with E-state index < -0.39 is 29.9 Å². The lowest BCUT2D eigenvalue weighted by Crippen LogP contribution is -2.51. The van der Waals surface area contributed by atoms with Gasteiger partial charge in [-0.1, -0.05) is 76.2 Å². The first-order valence-corrected chi connectivity index (χ1v) is 21.2. The van der Waals surface area contributed by atoms with Crippen molar-refractivity contribution in [2.75, 3.05) is 27.2 Å². The summed E-state index contributed by atoms with van der Waals surface area (Å²) in [5.74, 6) is 1.52. The molecule has 6 rings (SSSR count). The number of carboxylic acid groups (broad SMARTS) is 1. The molecule has 4 amide bonds. The maximum atomic E-state index is 14.1. The van der Waals surface area contributed by atoms with E-state index in [1.165, 1.54) is 11.9 Å². The molecule has 0 aliphatic carbocycles. The molecule has 4 heterocycles. The van der Waals surface area contributed by atoms with Crippen LogP contribution in [-0.2, 0) is 14.3 Å². The fourth-order valence-corrected chi connectivity index (χ4v) is 8.34. The first-order chi connectivity index (χ1) is 28.4. The first kappa shape index (κ1) is 43.9. The van der Waals surface area contributed by atoms with Crippen molar-refractivity contribution in [1.29, 1.82) is 0 Å². The van der Waals surface area contributed by atoms with E-state index in [1.807, 2.05) is 71.7 Å². The summed E-state index contributed by atoms with van der Waals surface area (Å²) >= 11 is 0. The Balaban J connectivity index is 1.11. The zero-order chi connectivity index (χ0) is 43.5. The molecule has 2 aromatic carbocycles. The number of nitrogens with zero attached hydrogens (tertiary/aromatic N) is 6. The molecule has 3 N–H and O–H groups in total. The number of ether oxygens (including phenoxy) is 1. The van der Waals surface area contributed by atoms with Gasteiger partial charge in [0.05, 0.1) is 35.9 Å². The van der Waals surface area contributed by atoms with E-state index in [2.05, 4.69) is 51.4 Å². The maximum Gasteiger partial charge on any atom is 0.410 e. The van der Waals surface area contributed by atoms with Gasteiger partial charge in [0.1, 0.15) is 29.3 Å². The van der Waals surface area contributed by atoms with Crippen molar-refractivity contribution < 1.29 is 29.0 Å². The fourth-order valence-electron chi connectivity index (χ4n) is 8.34. The standard InChI is InChI=1S/C46H62N8O6/c1-28(2)24-38(51(8)44(57)58)42(55)53-22-10-12-36(53)40-47-26-34(49-40)32-18-14-30(15-19-32)31-16-20-33(21-17-31)35-27-48-41(50-35)37-13-11-23-54(37)43(56)39(25-29(3)4)52(9)45(59)60-46(5,6)7/h14-21,26-29,36-39H,10-13,22-25H2,1-9H3,(H,47,49)(H,48,50)(H,57,58)/t36-,37-,38-,39-/m0/s1. The zero-order valence-corrected chi connectivity index (χ0v) is 36.6. The molecule has 0 bridgehead atoms. The number of aromatic nitrogens is 4. The highest BCUT2D eigenvalue weighted by Gasteiger charge is 2.40. The molecule has 14 nitrogen and oxygen atoms in total. The van der Waals surface area contributed by atoms with E-state index in [4.69, 9.17) is 9.72 Å². The number of carbonyl (C=O) groups is 4. The molecular formula is C46H62N8O6. The van der Waals surface area contributed by atoms with E-state index in [0.717, 1.165) is 70.0 Å². The molecule has 14 heteroatoms. The summed E-state index contributed by atoms with van der Waals surface area (Å²) < 4.78 is 5.62. The van der Waals surface area contributed by atoms with Gasteiger partial charge in [0.25, 0.3) is 0 Å². The summed E-state index contributed by atoms with van der Waals surface area (Å²) in [4.78, 5) is 75.2. The molecule has 322 valence electrons. The van der Waals surface area contributed by atoms with Gasteiger partial charge in [-0.3, -0.25) is 19.4 Å². The number of benzene rings is 2.